The first-order valence-electron chi connectivity index (χ1n) is 6.73. The summed E-state index contributed by atoms with van der Waals surface area (Å²) in [5.74, 6) is 2.13. The number of aromatic nitrogens is 3. The molecule has 0 unspecified atom stereocenters. The van der Waals surface area contributed by atoms with E-state index in [1.807, 2.05) is 29.1 Å². The van der Waals surface area contributed by atoms with Gasteiger partial charge in [0.1, 0.15) is 5.82 Å². The monoisotopic (exact) mass is 260 g/mol. The molecule has 1 N–H and O–H groups in total. The zero-order valence-electron chi connectivity index (χ0n) is 11.5. The van der Waals surface area contributed by atoms with Gasteiger partial charge in [-0.25, -0.2) is 0 Å². The van der Waals surface area contributed by atoms with E-state index in [1.54, 1.807) is 6.20 Å². The summed E-state index contributed by atoms with van der Waals surface area (Å²) in [5, 5.41) is 7.46. The number of pyridine rings is 1. The van der Waals surface area contributed by atoms with Crippen LogP contribution in [0.3, 0.4) is 0 Å². The Labute approximate surface area is 113 Å². The molecule has 0 spiro atoms. The van der Waals surface area contributed by atoms with Crippen LogP contribution in [0.2, 0.25) is 0 Å². The van der Waals surface area contributed by atoms with Crippen molar-refractivity contribution in [2.45, 2.75) is 33.2 Å². The average molecular weight is 260 g/mol. The van der Waals surface area contributed by atoms with Crippen LogP contribution in [0.5, 0.6) is 11.6 Å². The highest BCUT2D eigenvalue weighted by Gasteiger charge is 2.03. The fourth-order valence-electron chi connectivity index (χ4n) is 1.69. The number of hydrogen-bond acceptors (Lipinski definition) is 4. The van der Waals surface area contributed by atoms with Crippen LogP contribution in [0.25, 0.3) is 0 Å². The van der Waals surface area contributed by atoms with Crippen LogP contribution in [0, 0.1) is 0 Å². The van der Waals surface area contributed by atoms with Gasteiger partial charge in [0, 0.05) is 19.2 Å². The van der Waals surface area contributed by atoms with Crippen molar-refractivity contribution in [2.75, 3.05) is 11.9 Å². The van der Waals surface area contributed by atoms with E-state index in [4.69, 9.17) is 4.74 Å². The normalized spacial score (nSPS) is 10.4. The molecule has 2 rings (SSSR count). The Hall–Kier alpha value is -2.04. The van der Waals surface area contributed by atoms with Crippen LogP contribution >= 0.6 is 0 Å². The average Bonchev–Trinajstić information content (AvgIpc) is 2.85. The second-order valence-corrected chi connectivity index (χ2v) is 4.33. The van der Waals surface area contributed by atoms with Crippen LogP contribution < -0.4 is 10.1 Å². The SMILES string of the molecule is CCCNc1cccc(Oc2cnn(CCC)c2)n1. The molecule has 2 aromatic rings. The molecule has 0 atom stereocenters. The lowest BCUT2D eigenvalue weighted by atomic mass is 10.4. The third-order valence-electron chi connectivity index (χ3n) is 2.56. The summed E-state index contributed by atoms with van der Waals surface area (Å²) in [7, 11) is 0. The molecule has 0 saturated heterocycles. The largest absolute Gasteiger partial charge is 0.436 e. The lowest BCUT2D eigenvalue weighted by Gasteiger charge is -2.06. The van der Waals surface area contributed by atoms with E-state index in [2.05, 4.69) is 29.2 Å². The molecule has 102 valence electrons. The number of hydrogen-bond donors (Lipinski definition) is 1. The van der Waals surface area contributed by atoms with Gasteiger partial charge in [-0.15, -0.1) is 0 Å². The topological polar surface area (TPSA) is 52.0 Å². The number of anilines is 1. The van der Waals surface area contributed by atoms with Crippen molar-refractivity contribution in [3.63, 3.8) is 0 Å². The molecule has 0 aliphatic rings. The molecule has 0 amide bonds. The second kappa shape index (κ2) is 6.78. The van der Waals surface area contributed by atoms with Gasteiger partial charge in [0.05, 0.1) is 12.4 Å². The lowest BCUT2D eigenvalue weighted by molar-refractivity contribution is 0.462. The van der Waals surface area contributed by atoms with E-state index < -0.39 is 0 Å². The summed E-state index contributed by atoms with van der Waals surface area (Å²) in [5.41, 5.74) is 0. The fourth-order valence-corrected chi connectivity index (χ4v) is 1.69. The summed E-state index contributed by atoms with van der Waals surface area (Å²) < 4.78 is 7.56. The Morgan fingerprint density at radius 1 is 1.26 bits per heavy atom. The second-order valence-electron chi connectivity index (χ2n) is 4.33. The van der Waals surface area contributed by atoms with Gasteiger partial charge in [0.25, 0.3) is 0 Å². The zero-order chi connectivity index (χ0) is 13.5. The predicted molar refractivity (Wildman–Crippen MR) is 75.6 cm³/mol. The molecular weight excluding hydrogens is 240 g/mol. The van der Waals surface area contributed by atoms with E-state index >= 15 is 0 Å². The molecule has 0 bridgehead atoms. The van der Waals surface area contributed by atoms with Gasteiger partial charge in [-0.3, -0.25) is 4.68 Å². The van der Waals surface area contributed by atoms with E-state index in [-0.39, 0.29) is 0 Å². The quantitative estimate of drug-likeness (QED) is 0.830. The highest BCUT2D eigenvalue weighted by molar-refractivity contribution is 5.37. The van der Waals surface area contributed by atoms with Crippen LogP contribution in [0.4, 0.5) is 5.82 Å². The maximum atomic E-state index is 5.69. The maximum absolute atomic E-state index is 5.69. The summed E-state index contributed by atoms with van der Waals surface area (Å²) in [4.78, 5) is 4.39. The molecule has 0 aromatic carbocycles. The Bertz CT molecular complexity index is 510. The molecule has 19 heavy (non-hydrogen) atoms. The van der Waals surface area contributed by atoms with Crippen molar-refractivity contribution >= 4 is 5.82 Å². The van der Waals surface area contributed by atoms with Crippen LogP contribution in [0.15, 0.2) is 30.6 Å². The Balaban J connectivity index is 2.01. The molecule has 2 aromatic heterocycles. The Morgan fingerprint density at radius 2 is 2.16 bits per heavy atom. The highest BCUT2D eigenvalue weighted by atomic mass is 16.5. The first-order chi connectivity index (χ1) is 9.31. The number of rotatable bonds is 7. The van der Waals surface area contributed by atoms with Crippen LogP contribution in [0.1, 0.15) is 26.7 Å². The van der Waals surface area contributed by atoms with E-state index in [0.29, 0.717) is 11.6 Å². The first-order valence-corrected chi connectivity index (χ1v) is 6.73. The van der Waals surface area contributed by atoms with Crippen LogP contribution in [-0.2, 0) is 6.54 Å². The van der Waals surface area contributed by atoms with Gasteiger partial charge in [-0.05, 0) is 18.9 Å². The van der Waals surface area contributed by atoms with Gasteiger partial charge in [0.15, 0.2) is 5.75 Å². The molecule has 0 fully saturated rings. The third kappa shape index (κ3) is 3.98. The van der Waals surface area contributed by atoms with Crippen molar-refractivity contribution in [1.82, 2.24) is 14.8 Å². The van der Waals surface area contributed by atoms with Gasteiger partial charge in [0.2, 0.25) is 5.88 Å². The third-order valence-corrected chi connectivity index (χ3v) is 2.56. The standard InChI is InChI=1S/C14H20N4O/c1-3-8-15-13-6-5-7-14(17-13)19-12-10-16-18(11-12)9-4-2/h5-7,10-11H,3-4,8-9H2,1-2H3,(H,15,17). The minimum atomic E-state index is 0.581. The minimum Gasteiger partial charge on any atom is -0.436 e. The van der Waals surface area contributed by atoms with Crippen molar-refractivity contribution < 1.29 is 4.74 Å². The number of nitrogens with one attached hydrogen (secondary N) is 1. The number of nitrogens with zero attached hydrogens (tertiary/aromatic N) is 3. The van der Waals surface area contributed by atoms with Crippen molar-refractivity contribution in [3.8, 4) is 11.6 Å². The molecule has 5 heteroatoms. The number of ether oxygens (including phenoxy) is 1. The van der Waals surface area contributed by atoms with Crippen LogP contribution in [-0.4, -0.2) is 21.3 Å². The van der Waals surface area contributed by atoms with E-state index in [9.17, 15) is 0 Å². The molecular formula is C14H20N4O. The first kappa shape index (κ1) is 13.4. The smallest absolute Gasteiger partial charge is 0.221 e. The Kier molecular flexibility index (Phi) is 4.78. The van der Waals surface area contributed by atoms with E-state index in [0.717, 1.165) is 31.7 Å². The molecule has 0 radical (unpaired) electrons. The molecule has 0 saturated carbocycles. The van der Waals surface area contributed by atoms with Crippen molar-refractivity contribution in [2.24, 2.45) is 0 Å². The number of aryl methyl sites for hydroxylation is 1. The van der Waals surface area contributed by atoms with Gasteiger partial charge in [-0.1, -0.05) is 19.9 Å². The summed E-state index contributed by atoms with van der Waals surface area (Å²) in [6.07, 6.45) is 5.72. The maximum Gasteiger partial charge on any atom is 0.221 e. The Morgan fingerprint density at radius 3 is 2.95 bits per heavy atom. The molecule has 2 heterocycles. The van der Waals surface area contributed by atoms with Gasteiger partial charge < -0.3 is 10.1 Å². The molecule has 5 nitrogen and oxygen atoms in total. The highest BCUT2D eigenvalue weighted by Crippen LogP contribution is 2.20. The summed E-state index contributed by atoms with van der Waals surface area (Å²) >= 11 is 0. The minimum absolute atomic E-state index is 0.581. The molecule has 0 aliphatic heterocycles. The van der Waals surface area contributed by atoms with Gasteiger partial charge >= 0.3 is 0 Å². The lowest BCUT2D eigenvalue weighted by Crippen LogP contribution is -2.02. The van der Waals surface area contributed by atoms with E-state index in [1.165, 1.54) is 0 Å². The van der Waals surface area contributed by atoms with Gasteiger partial charge in [-0.2, -0.15) is 10.1 Å². The predicted octanol–water partition coefficient (Wildman–Crippen LogP) is 3.30. The zero-order valence-corrected chi connectivity index (χ0v) is 11.5. The summed E-state index contributed by atoms with van der Waals surface area (Å²) in [6, 6.07) is 5.70. The van der Waals surface area contributed by atoms with Crippen molar-refractivity contribution in [1.29, 1.82) is 0 Å². The van der Waals surface area contributed by atoms with Crippen molar-refractivity contribution in [3.05, 3.63) is 30.6 Å². The molecule has 0 aliphatic carbocycles. The fraction of sp³-hybridized carbons (Fsp3) is 0.429. The summed E-state index contributed by atoms with van der Waals surface area (Å²) in [6.45, 7) is 6.04.